The maximum atomic E-state index is 12.1. The molecule has 1 N–H and O–H groups in total. The number of aromatic amines is 1. The van der Waals surface area contributed by atoms with Crippen LogP contribution >= 0.6 is 0 Å². The third-order valence-corrected chi connectivity index (χ3v) is 5.49. The van der Waals surface area contributed by atoms with Crippen molar-refractivity contribution >= 4 is 0 Å². The number of nitrogens with zero attached hydrogens (tertiary/aromatic N) is 1. The highest BCUT2D eigenvalue weighted by Gasteiger charge is 2.21. The van der Waals surface area contributed by atoms with Crippen molar-refractivity contribution in [1.29, 1.82) is 0 Å². The lowest BCUT2D eigenvalue weighted by atomic mass is 9.91. The molecule has 1 atom stereocenters. The fourth-order valence-corrected chi connectivity index (χ4v) is 3.97. The van der Waals surface area contributed by atoms with Gasteiger partial charge in [-0.2, -0.15) is 0 Å². The summed E-state index contributed by atoms with van der Waals surface area (Å²) in [5.41, 5.74) is 2.16. The Balaban J connectivity index is 1.70. The van der Waals surface area contributed by atoms with Crippen LogP contribution in [0.1, 0.15) is 42.7 Å². The van der Waals surface area contributed by atoms with Gasteiger partial charge in [0.1, 0.15) is 0 Å². The number of H-pyrrole nitrogens is 1. The van der Waals surface area contributed by atoms with Crippen LogP contribution in [0.3, 0.4) is 0 Å². The lowest BCUT2D eigenvalue weighted by molar-refractivity contribution is 0.200. The molecule has 1 unspecified atom stereocenters. The number of methoxy groups -OCH3 is 1. The van der Waals surface area contributed by atoms with E-state index in [0.29, 0.717) is 6.54 Å². The van der Waals surface area contributed by atoms with Crippen molar-refractivity contribution in [3.8, 4) is 11.5 Å². The highest BCUT2D eigenvalue weighted by atomic mass is 16.5. The molecule has 1 aromatic heterocycles. The Kier molecular flexibility index (Phi) is 5.51. The molecule has 5 nitrogen and oxygen atoms in total. The van der Waals surface area contributed by atoms with Gasteiger partial charge in [0, 0.05) is 24.9 Å². The van der Waals surface area contributed by atoms with Crippen LogP contribution in [0.15, 0.2) is 65.7 Å². The van der Waals surface area contributed by atoms with Gasteiger partial charge in [0.25, 0.3) is 0 Å². The quantitative estimate of drug-likeness (QED) is 0.665. The van der Waals surface area contributed by atoms with E-state index in [4.69, 9.17) is 9.47 Å². The number of benzene rings is 2. The fraction of sp³-hybridized carbons (Fsp3) is 0.348. The topological polar surface area (TPSA) is 56.2 Å². The Morgan fingerprint density at radius 2 is 1.86 bits per heavy atom. The Bertz CT molecular complexity index is 955. The minimum Gasteiger partial charge on any atom is -0.493 e. The average molecular weight is 378 g/mol. The minimum atomic E-state index is -0.100. The molecule has 2 aromatic carbocycles. The number of aromatic nitrogens is 2. The first-order valence-electron chi connectivity index (χ1n) is 9.88. The standard InChI is InChI=1S/C23H26N2O3/c1-27-21-12-11-18(15-22(21)28-19-9-5-6-10-19)20(17-7-3-2-4-8-17)16-25-14-13-24-23(25)26/h2-4,7-8,11-15,19-20H,5-6,9-10,16H2,1H3,(H,24,26). The van der Waals surface area contributed by atoms with Gasteiger partial charge in [0.05, 0.1) is 13.2 Å². The van der Waals surface area contributed by atoms with Crippen molar-refractivity contribution in [2.75, 3.05) is 7.11 Å². The average Bonchev–Trinajstić information content (AvgIpc) is 3.38. The summed E-state index contributed by atoms with van der Waals surface area (Å²) >= 11 is 0. The Labute approximate surface area is 164 Å². The monoisotopic (exact) mass is 378 g/mol. The minimum absolute atomic E-state index is 0.0338. The summed E-state index contributed by atoms with van der Waals surface area (Å²) in [5, 5.41) is 0. The summed E-state index contributed by atoms with van der Waals surface area (Å²) in [5.74, 6) is 1.57. The number of imidazole rings is 1. The van der Waals surface area contributed by atoms with Gasteiger partial charge in [-0.15, -0.1) is 0 Å². The lowest BCUT2D eigenvalue weighted by Gasteiger charge is -2.21. The molecule has 5 heteroatoms. The second-order valence-corrected chi connectivity index (χ2v) is 7.32. The molecule has 0 aliphatic heterocycles. The van der Waals surface area contributed by atoms with Crippen LogP contribution in [0.5, 0.6) is 11.5 Å². The molecule has 1 heterocycles. The molecule has 1 aliphatic carbocycles. The Hall–Kier alpha value is -2.95. The van der Waals surface area contributed by atoms with Crippen LogP contribution < -0.4 is 15.2 Å². The van der Waals surface area contributed by atoms with E-state index < -0.39 is 0 Å². The van der Waals surface area contributed by atoms with Gasteiger partial charge in [-0.3, -0.25) is 4.57 Å². The predicted octanol–water partition coefficient (Wildman–Crippen LogP) is 4.34. The summed E-state index contributed by atoms with van der Waals surface area (Å²) < 4.78 is 13.5. The molecule has 1 saturated carbocycles. The molecule has 0 radical (unpaired) electrons. The van der Waals surface area contributed by atoms with Crippen LogP contribution in [0, 0.1) is 0 Å². The van der Waals surface area contributed by atoms with Crippen LogP contribution in [0.4, 0.5) is 0 Å². The van der Waals surface area contributed by atoms with Crippen molar-refractivity contribution in [1.82, 2.24) is 9.55 Å². The van der Waals surface area contributed by atoms with Crippen LogP contribution in [-0.2, 0) is 6.54 Å². The molecule has 0 saturated heterocycles. The number of rotatable bonds is 7. The van der Waals surface area contributed by atoms with Gasteiger partial charge < -0.3 is 14.5 Å². The van der Waals surface area contributed by atoms with E-state index in [2.05, 4.69) is 29.2 Å². The van der Waals surface area contributed by atoms with Crippen molar-refractivity contribution in [2.45, 2.75) is 44.2 Å². The number of hydrogen-bond acceptors (Lipinski definition) is 3. The third kappa shape index (κ3) is 3.98. The highest BCUT2D eigenvalue weighted by Crippen LogP contribution is 2.36. The number of nitrogens with one attached hydrogen (secondary N) is 1. The lowest BCUT2D eigenvalue weighted by Crippen LogP contribution is -2.21. The number of hydrogen-bond donors (Lipinski definition) is 1. The smallest absolute Gasteiger partial charge is 0.325 e. The van der Waals surface area contributed by atoms with Crippen molar-refractivity contribution in [3.05, 3.63) is 82.5 Å². The summed E-state index contributed by atoms with van der Waals surface area (Å²) in [4.78, 5) is 14.8. The first kappa shape index (κ1) is 18.4. The third-order valence-electron chi connectivity index (χ3n) is 5.49. The van der Waals surface area contributed by atoms with Gasteiger partial charge in [-0.1, -0.05) is 36.4 Å². The maximum absolute atomic E-state index is 12.1. The van der Waals surface area contributed by atoms with Crippen molar-refractivity contribution in [2.24, 2.45) is 0 Å². The number of ether oxygens (including phenoxy) is 2. The molecule has 4 rings (SSSR count). The zero-order valence-corrected chi connectivity index (χ0v) is 16.1. The van der Waals surface area contributed by atoms with Crippen LogP contribution in [0.2, 0.25) is 0 Å². The molecule has 0 bridgehead atoms. The summed E-state index contributed by atoms with van der Waals surface area (Å²) in [6.45, 7) is 0.557. The van der Waals surface area contributed by atoms with Crippen molar-refractivity contribution in [3.63, 3.8) is 0 Å². The van der Waals surface area contributed by atoms with E-state index in [1.54, 1.807) is 24.1 Å². The molecule has 3 aromatic rings. The first-order chi connectivity index (χ1) is 13.7. The zero-order valence-electron chi connectivity index (χ0n) is 16.1. The van der Waals surface area contributed by atoms with E-state index in [1.165, 1.54) is 12.8 Å². The molecule has 0 amide bonds. The van der Waals surface area contributed by atoms with E-state index in [0.717, 1.165) is 35.5 Å². The first-order valence-corrected chi connectivity index (χ1v) is 9.88. The van der Waals surface area contributed by atoms with E-state index in [-0.39, 0.29) is 17.7 Å². The van der Waals surface area contributed by atoms with E-state index in [1.807, 2.05) is 24.3 Å². The Morgan fingerprint density at radius 3 is 2.54 bits per heavy atom. The molecular weight excluding hydrogens is 352 g/mol. The largest absolute Gasteiger partial charge is 0.493 e. The van der Waals surface area contributed by atoms with E-state index in [9.17, 15) is 4.79 Å². The SMILES string of the molecule is COc1ccc(C(Cn2cc[nH]c2=O)c2ccccc2)cc1OC1CCCC1. The van der Waals surface area contributed by atoms with Gasteiger partial charge >= 0.3 is 5.69 Å². The maximum Gasteiger partial charge on any atom is 0.325 e. The van der Waals surface area contributed by atoms with Crippen LogP contribution in [0.25, 0.3) is 0 Å². The second-order valence-electron chi connectivity index (χ2n) is 7.32. The van der Waals surface area contributed by atoms with Crippen molar-refractivity contribution < 1.29 is 9.47 Å². The molecule has 146 valence electrons. The van der Waals surface area contributed by atoms with Gasteiger partial charge in [-0.25, -0.2) is 4.79 Å². The zero-order chi connectivity index (χ0) is 19.3. The highest BCUT2D eigenvalue weighted by molar-refractivity contribution is 5.46. The molecule has 1 fully saturated rings. The molecular formula is C23H26N2O3. The second kappa shape index (κ2) is 8.38. The van der Waals surface area contributed by atoms with Gasteiger partial charge in [0.15, 0.2) is 11.5 Å². The molecule has 28 heavy (non-hydrogen) atoms. The fourth-order valence-electron chi connectivity index (χ4n) is 3.97. The Morgan fingerprint density at radius 1 is 1.07 bits per heavy atom. The molecule has 1 aliphatic rings. The summed E-state index contributed by atoms with van der Waals surface area (Å²) in [6, 6.07) is 16.4. The van der Waals surface area contributed by atoms with Gasteiger partial charge in [0.2, 0.25) is 0 Å². The molecule has 0 spiro atoms. The summed E-state index contributed by atoms with van der Waals surface area (Å²) in [7, 11) is 1.67. The van der Waals surface area contributed by atoms with Gasteiger partial charge in [-0.05, 0) is 48.9 Å². The predicted molar refractivity (Wildman–Crippen MR) is 109 cm³/mol. The van der Waals surface area contributed by atoms with Crippen LogP contribution in [-0.4, -0.2) is 22.8 Å². The van der Waals surface area contributed by atoms with E-state index >= 15 is 0 Å². The summed E-state index contributed by atoms with van der Waals surface area (Å²) in [6.07, 6.45) is 8.34. The normalized spacial score (nSPS) is 15.5.